The lowest BCUT2D eigenvalue weighted by Gasteiger charge is -2.42. The number of ether oxygens (including phenoxy) is 2. The van der Waals surface area contributed by atoms with E-state index in [1.54, 1.807) is 25.3 Å². The van der Waals surface area contributed by atoms with Crippen molar-refractivity contribution in [1.29, 1.82) is 0 Å². The molecule has 1 aliphatic rings. The smallest absolute Gasteiger partial charge is 0.223 e. The van der Waals surface area contributed by atoms with Crippen LogP contribution >= 0.6 is 0 Å². The maximum atomic E-state index is 12.4. The van der Waals surface area contributed by atoms with Gasteiger partial charge in [0.15, 0.2) is 17.3 Å². The number of piperidine rings is 1. The van der Waals surface area contributed by atoms with Crippen LogP contribution in [0.1, 0.15) is 43.5 Å². The number of carbonyl (C=O) groups excluding carboxylic acids is 2. The van der Waals surface area contributed by atoms with E-state index in [0.29, 0.717) is 30.2 Å². The molecule has 2 N–H and O–H groups in total. The van der Waals surface area contributed by atoms with E-state index in [4.69, 9.17) is 15.2 Å². The molecule has 6 heteroatoms. The van der Waals surface area contributed by atoms with Gasteiger partial charge in [0, 0.05) is 37.5 Å². The zero-order valence-corrected chi connectivity index (χ0v) is 15.5. The van der Waals surface area contributed by atoms with E-state index in [2.05, 4.69) is 13.8 Å². The van der Waals surface area contributed by atoms with Crippen molar-refractivity contribution < 1.29 is 19.1 Å². The number of rotatable bonds is 6. The van der Waals surface area contributed by atoms with Gasteiger partial charge in [0.1, 0.15) is 0 Å². The van der Waals surface area contributed by atoms with Crippen LogP contribution in [-0.2, 0) is 4.79 Å². The van der Waals surface area contributed by atoms with Crippen LogP contribution in [-0.4, -0.2) is 49.9 Å². The Hall–Kier alpha value is -2.08. The number of hydrogen-bond donors (Lipinski definition) is 1. The highest BCUT2D eigenvalue weighted by Gasteiger charge is 2.35. The van der Waals surface area contributed by atoms with Crippen LogP contribution in [0.15, 0.2) is 18.2 Å². The number of hydrogen-bond acceptors (Lipinski definition) is 5. The number of nitrogens with two attached hydrogens (primary N) is 1. The van der Waals surface area contributed by atoms with Crippen molar-refractivity contribution in [2.45, 2.75) is 39.2 Å². The molecule has 1 aromatic rings. The minimum absolute atomic E-state index is 0.00815. The average molecular weight is 348 g/mol. The molecule has 1 amide bonds. The summed E-state index contributed by atoms with van der Waals surface area (Å²) in [6, 6.07) is 5.14. The summed E-state index contributed by atoms with van der Waals surface area (Å²) in [6.07, 6.45) is 1.18. The maximum Gasteiger partial charge on any atom is 0.223 e. The first-order valence-corrected chi connectivity index (χ1v) is 8.57. The molecule has 0 radical (unpaired) electrons. The number of Topliss-reactive ketones (excluding diaryl/α,β-unsaturated/α-hetero) is 1. The fourth-order valence-corrected chi connectivity index (χ4v) is 3.12. The number of carbonyl (C=O) groups is 2. The second-order valence-electron chi connectivity index (χ2n) is 7.19. The van der Waals surface area contributed by atoms with Crippen molar-refractivity contribution in [3.05, 3.63) is 23.8 Å². The normalized spacial score (nSPS) is 19.4. The SMILES string of the molecule is COc1ccc(C(=O)CCC(=O)N2CCC(N)C(C)(C)C2)cc1OC. The second-order valence-corrected chi connectivity index (χ2v) is 7.19. The molecule has 1 atom stereocenters. The van der Waals surface area contributed by atoms with Crippen LogP contribution in [0, 0.1) is 5.41 Å². The van der Waals surface area contributed by atoms with E-state index < -0.39 is 0 Å². The molecule has 0 spiro atoms. The lowest BCUT2D eigenvalue weighted by atomic mass is 9.79. The minimum Gasteiger partial charge on any atom is -0.493 e. The third kappa shape index (κ3) is 4.51. The summed E-state index contributed by atoms with van der Waals surface area (Å²) < 4.78 is 10.4. The molecule has 0 aliphatic carbocycles. The van der Waals surface area contributed by atoms with Crippen molar-refractivity contribution >= 4 is 11.7 Å². The third-order valence-electron chi connectivity index (χ3n) is 4.94. The van der Waals surface area contributed by atoms with Crippen LogP contribution in [0.25, 0.3) is 0 Å². The standard InChI is InChI=1S/C19H28N2O4/c1-19(2)12-21(10-9-17(19)20)18(23)8-6-14(22)13-5-7-15(24-3)16(11-13)25-4/h5,7,11,17H,6,8-10,12,20H2,1-4H3. The quantitative estimate of drug-likeness (QED) is 0.798. The van der Waals surface area contributed by atoms with Gasteiger partial charge in [-0.15, -0.1) is 0 Å². The fraction of sp³-hybridized carbons (Fsp3) is 0.579. The molecule has 6 nitrogen and oxygen atoms in total. The highest BCUT2D eigenvalue weighted by Crippen LogP contribution is 2.29. The zero-order valence-electron chi connectivity index (χ0n) is 15.5. The Balaban J connectivity index is 1.94. The Labute approximate surface area is 149 Å². The lowest BCUT2D eigenvalue weighted by molar-refractivity contribution is -0.134. The molecule has 2 rings (SSSR count). The highest BCUT2D eigenvalue weighted by molar-refractivity contribution is 5.98. The first-order valence-electron chi connectivity index (χ1n) is 8.57. The number of ketones is 1. The first-order chi connectivity index (χ1) is 11.8. The van der Waals surface area contributed by atoms with Crippen LogP contribution in [0.5, 0.6) is 11.5 Å². The molecule has 0 saturated carbocycles. The van der Waals surface area contributed by atoms with Gasteiger partial charge < -0.3 is 20.1 Å². The Morgan fingerprint density at radius 3 is 2.48 bits per heavy atom. The number of amides is 1. The monoisotopic (exact) mass is 348 g/mol. The van der Waals surface area contributed by atoms with Gasteiger partial charge in [0.25, 0.3) is 0 Å². The van der Waals surface area contributed by atoms with Gasteiger partial charge in [0.2, 0.25) is 5.91 Å². The van der Waals surface area contributed by atoms with E-state index in [0.717, 1.165) is 6.42 Å². The van der Waals surface area contributed by atoms with Gasteiger partial charge in [-0.2, -0.15) is 0 Å². The second kappa shape index (κ2) is 7.87. The highest BCUT2D eigenvalue weighted by atomic mass is 16.5. The molecule has 1 aromatic carbocycles. The molecule has 1 aliphatic heterocycles. The van der Waals surface area contributed by atoms with Crippen molar-refractivity contribution in [2.75, 3.05) is 27.3 Å². The molecule has 0 aromatic heterocycles. The number of likely N-dealkylation sites (tertiary alicyclic amines) is 1. The topological polar surface area (TPSA) is 81.9 Å². The van der Waals surface area contributed by atoms with E-state index in [-0.39, 0.29) is 36.0 Å². The zero-order chi connectivity index (χ0) is 18.6. The Morgan fingerprint density at radius 2 is 1.88 bits per heavy atom. The molecule has 0 bridgehead atoms. The van der Waals surface area contributed by atoms with Gasteiger partial charge in [-0.25, -0.2) is 0 Å². The molecule has 1 heterocycles. The Bertz CT molecular complexity index is 642. The van der Waals surface area contributed by atoms with Gasteiger partial charge in [-0.3, -0.25) is 9.59 Å². The van der Waals surface area contributed by atoms with Gasteiger partial charge in [-0.05, 0) is 30.0 Å². The molecule has 1 fully saturated rings. The fourth-order valence-electron chi connectivity index (χ4n) is 3.12. The minimum atomic E-state index is -0.0960. The van der Waals surface area contributed by atoms with Gasteiger partial charge >= 0.3 is 0 Å². The number of benzene rings is 1. The van der Waals surface area contributed by atoms with Crippen LogP contribution < -0.4 is 15.2 Å². The van der Waals surface area contributed by atoms with Crippen LogP contribution in [0.4, 0.5) is 0 Å². The third-order valence-corrected chi connectivity index (χ3v) is 4.94. The Kier molecular flexibility index (Phi) is 6.06. The number of nitrogens with zero attached hydrogens (tertiary/aromatic N) is 1. The van der Waals surface area contributed by atoms with E-state index in [1.165, 1.54) is 7.11 Å². The summed E-state index contributed by atoms with van der Waals surface area (Å²) in [5, 5.41) is 0. The van der Waals surface area contributed by atoms with Crippen molar-refractivity contribution in [3.63, 3.8) is 0 Å². The summed E-state index contributed by atoms with van der Waals surface area (Å²) in [7, 11) is 3.07. The van der Waals surface area contributed by atoms with E-state index in [9.17, 15) is 9.59 Å². The molecular weight excluding hydrogens is 320 g/mol. The van der Waals surface area contributed by atoms with Crippen LogP contribution in [0.2, 0.25) is 0 Å². The van der Waals surface area contributed by atoms with Gasteiger partial charge in [0.05, 0.1) is 14.2 Å². The summed E-state index contributed by atoms with van der Waals surface area (Å²) >= 11 is 0. The largest absolute Gasteiger partial charge is 0.493 e. The molecule has 1 unspecified atom stereocenters. The van der Waals surface area contributed by atoms with Crippen molar-refractivity contribution in [1.82, 2.24) is 4.90 Å². The predicted molar refractivity (Wildman–Crippen MR) is 96.1 cm³/mol. The summed E-state index contributed by atoms with van der Waals surface area (Å²) in [5.41, 5.74) is 6.53. The van der Waals surface area contributed by atoms with E-state index >= 15 is 0 Å². The van der Waals surface area contributed by atoms with Crippen molar-refractivity contribution in [2.24, 2.45) is 11.1 Å². The van der Waals surface area contributed by atoms with E-state index in [1.807, 2.05) is 4.90 Å². The van der Waals surface area contributed by atoms with Crippen molar-refractivity contribution in [3.8, 4) is 11.5 Å². The van der Waals surface area contributed by atoms with Gasteiger partial charge in [-0.1, -0.05) is 13.8 Å². The first kappa shape index (κ1) is 19.2. The molecule has 1 saturated heterocycles. The molecule has 25 heavy (non-hydrogen) atoms. The Morgan fingerprint density at radius 1 is 1.20 bits per heavy atom. The summed E-state index contributed by atoms with van der Waals surface area (Å²) in [5.74, 6) is 1.00. The lowest BCUT2D eigenvalue weighted by Crippen LogP contribution is -2.54. The molecule has 138 valence electrons. The summed E-state index contributed by atoms with van der Waals surface area (Å²) in [6.45, 7) is 5.45. The number of methoxy groups -OCH3 is 2. The molecular formula is C19H28N2O4. The predicted octanol–water partition coefficient (Wildman–Crippen LogP) is 2.25. The summed E-state index contributed by atoms with van der Waals surface area (Å²) in [4.78, 5) is 26.7. The van der Waals surface area contributed by atoms with Crippen LogP contribution in [0.3, 0.4) is 0 Å². The maximum absolute atomic E-state index is 12.4. The average Bonchev–Trinajstić information content (AvgIpc) is 2.60.